The first-order valence-electron chi connectivity index (χ1n) is 9.83. The Morgan fingerprint density at radius 1 is 1.04 bits per heavy atom. The summed E-state index contributed by atoms with van der Waals surface area (Å²) in [4.78, 5) is 0. The summed E-state index contributed by atoms with van der Waals surface area (Å²) < 4.78 is 11.6. The number of phenolic OH excluding ortho intramolecular Hbond substituents is 1. The number of hydrogen-bond acceptors (Lipinski definition) is 3. The number of benzene rings is 2. The molecule has 0 bridgehead atoms. The van der Waals surface area contributed by atoms with E-state index in [2.05, 4.69) is 38.1 Å². The Bertz CT molecular complexity index is 657. The van der Waals surface area contributed by atoms with Crippen LogP contribution in [0.5, 0.6) is 11.5 Å². The maximum absolute atomic E-state index is 9.47. The van der Waals surface area contributed by atoms with E-state index in [-0.39, 0.29) is 6.29 Å². The second-order valence-electron chi connectivity index (χ2n) is 7.32. The van der Waals surface area contributed by atoms with Crippen molar-refractivity contribution in [2.45, 2.75) is 64.1 Å². The van der Waals surface area contributed by atoms with Gasteiger partial charge in [0.15, 0.2) is 6.29 Å². The second-order valence-corrected chi connectivity index (χ2v) is 7.32. The van der Waals surface area contributed by atoms with Crippen LogP contribution in [0.1, 0.15) is 68.9 Å². The van der Waals surface area contributed by atoms with E-state index in [0.717, 1.165) is 38.0 Å². The summed E-state index contributed by atoms with van der Waals surface area (Å²) in [6.07, 6.45) is 5.39. The number of phenols is 1. The average molecular weight is 354 g/mol. The summed E-state index contributed by atoms with van der Waals surface area (Å²) in [7, 11) is 0. The van der Waals surface area contributed by atoms with Gasteiger partial charge in [0.05, 0.1) is 6.61 Å². The molecule has 0 saturated carbocycles. The van der Waals surface area contributed by atoms with Crippen LogP contribution in [0, 0.1) is 0 Å². The van der Waals surface area contributed by atoms with Crippen LogP contribution in [-0.2, 0) is 4.74 Å². The third-order valence-electron chi connectivity index (χ3n) is 5.35. The lowest BCUT2D eigenvalue weighted by Gasteiger charge is -2.24. The van der Waals surface area contributed by atoms with Gasteiger partial charge in [-0.2, -0.15) is 0 Å². The molecule has 3 rings (SSSR count). The summed E-state index contributed by atoms with van der Waals surface area (Å²) in [6.45, 7) is 5.30. The molecule has 2 aromatic rings. The molecule has 26 heavy (non-hydrogen) atoms. The third kappa shape index (κ3) is 5.01. The lowest BCUT2D eigenvalue weighted by atomic mass is 9.84. The van der Waals surface area contributed by atoms with Crippen LogP contribution in [0.3, 0.4) is 0 Å². The molecular formula is C23H30O3. The first kappa shape index (κ1) is 18.8. The SMILES string of the molecule is CCC(CC(C)c1ccc(O)cc1)c1ccc(OC2CCCCO2)cc1. The van der Waals surface area contributed by atoms with Gasteiger partial charge in [0, 0.05) is 6.42 Å². The molecular weight excluding hydrogens is 324 g/mol. The highest BCUT2D eigenvalue weighted by atomic mass is 16.7. The van der Waals surface area contributed by atoms with Gasteiger partial charge in [-0.3, -0.25) is 0 Å². The van der Waals surface area contributed by atoms with Gasteiger partial charge < -0.3 is 14.6 Å². The average Bonchev–Trinajstić information content (AvgIpc) is 2.68. The summed E-state index contributed by atoms with van der Waals surface area (Å²) in [6, 6.07) is 16.1. The Hall–Kier alpha value is -2.00. The molecule has 140 valence electrons. The predicted octanol–water partition coefficient (Wildman–Crippen LogP) is 5.99. The molecule has 1 saturated heterocycles. The lowest BCUT2D eigenvalue weighted by Crippen LogP contribution is -2.24. The van der Waals surface area contributed by atoms with Crippen LogP contribution >= 0.6 is 0 Å². The van der Waals surface area contributed by atoms with Gasteiger partial charge in [-0.25, -0.2) is 0 Å². The molecule has 0 radical (unpaired) electrons. The van der Waals surface area contributed by atoms with Crippen molar-refractivity contribution in [3.63, 3.8) is 0 Å². The van der Waals surface area contributed by atoms with E-state index in [1.807, 2.05) is 12.1 Å². The highest BCUT2D eigenvalue weighted by Gasteiger charge is 2.17. The molecule has 3 heteroatoms. The Morgan fingerprint density at radius 2 is 1.73 bits per heavy atom. The van der Waals surface area contributed by atoms with Crippen molar-refractivity contribution in [2.75, 3.05) is 6.61 Å². The van der Waals surface area contributed by atoms with Crippen molar-refractivity contribution in [1.29, 1.82) is 0 Å². The first-order valence-corrected chi connectivity index (χ1v) is 9.83. The molecule has 3 nitrogen and oxygen atoms in total. The Kier molecular flexibility index (Phi) is 6.56. The smallest absolute Gasteiger partial charge is 0.199 e. The van der Waals surface area contributed by atoms with Crippen molar-refractivity contribution in [3.05, 3.63) is 59.7 Å². The largest absolute Gasteiger partial charge is 0.508 e. The first-order chi connectivity index (χ1) is 12.7. The predicted molar refractivity (Wildman–Crippen MR) is 105 cm³/mol. The fraction of sp³-hybridized carbons (Fsp3) is 0.478. The molecule has 1 aliphatic rings. The van der Waals surface area contributed by atoms with Gasteiger partial charge in [-0.1, -0.05) is 38.1 Å². The van der Waals surface area contributed by atoms with Crippen LogP contribution in [0.2, 0.25) is 0 Å². The van der Waals surface area contributed by atoms with Crippen molar-refractivity contribution in [1.82, 2.24) is 0 Å². The summed E-state index contributed by atoms with van der Waals surface area (Å²) in [5, 5.41) is 9.47. The van der Waals surface area contributed by atoms with Crippen LogP contribution < -0.4 is 4.74 Å². The molecule has 0 spiro atoms. The minimum absolute atomic E-state index is 0.0916. The van der Waals surface area contributed by atoms with Gasteiger partial charge in [-0.15, -0.1) is 0 Å². The van der Waals surface area contributed by atoms with Crippen LogP contribution in [0.15, 0.2) is 48.5 Å². The highest BCUT2D eigenvalue weighted by molar-refractivity contribution is 5.31. The molecule has 3 unspecified atom stereocenters. The summed E-state index contributed by atoms with van der Waals surface area (Å²) in [5.74, 6) is 2.18. The minimum Gasteiger partial charge on any atom is -0.508 e. The Morgan fingerprint density at radius 3 is 2.35 bits per heavy atom. The highest BCUT2D eigenvalue weighted by Crippen LogP contribution is 2.33. The molecule has 1 aliphatic heterocycles. The molecule has 0 amide bonds. The number of hydrogen-bond donors (Lipinski definition) is 1. The standard InChI is InChI=1S/C23H30O3/c1-3-18(16-17(2)19-7-11-21(24)12-8-19)20-9-13-22(14-10-20)26-23-6-4-5-15-25-23/h7-14,17-18,23-24H,3-6,15-16H2,1-2H3. The van der Waals surface area contributed by atoms with E-state index in [4.69, 9.17) is 9.47 Å². The molecule has 0 aromatic heterocycles. The van der Waals surface area contributed by atoms with Gasteiger partial charge in [-0.05, 0) is 72.9 Å². The molecule has 1 heterocycles. The van der Waals surface area contributed by atoms with Gasteiger partial charge in [0.1, 0.15) is 11.5 Å². The molecule has 3 atom stereocenters. The zero-order valence-corrected chi connectivity index (χ0v) is 15.9. The normalized spacial score (nSPS) is 19.7. The number of rotatable bonds is 7. The van der Waals surface area contributed by atoms with E-state index in [9.17, 15) is 5.11 Å². The van der Waals surface area contributed by atoms with Crippen molar-refractivity contribution < 1.29 is 14.6 Å². The van der Waals surface area contributed by atoms with Crippen LogP contribution in [0.25, 0.3) is 0 Å². The maximum Gasteiger partial charge on any atom is 0.199 e. The van der Waals surface area contributed by atoms with E-state index in [1.165, 1.54) is 17.5 Å². The molecule has 0 aliphatic carbocycles. The fourth-order valence-electron chi connectivity index (χ4n) is 3.68. The quantitative estimate of drug-likeness (QED) is 0.664. The van der Waals surface area contributed by atoms with Gasteiger partial charge in [0.2, 0.25) is 0 Å². The fourth-order valence-corrected chi connectivity index (χ4v) is 3.68. The number of ether oxygens (including phenoxy) is 2. The zero-order chi connectivity index (χ0) is 18.4. The molecule has 1 N–H and O–H groups in total. The summed E-state index contributed by atoms with van der Waals surface area (Å²) in [5.41, 5.74) is 2.63. The molecule has 2 aromatic carbocycles. The van der Waals surface area contributed by atoms with Crippen LogP contribution in [-0.4, -0.2) is 18.0 Å². The van der Waals surface area contributed by atoms with E-state index in [1.54, 1.807) is 12.1 Å². The Balaban J connectivity index is 1.61. The van der Waals surface area contributed by atoms with Gasteiger partial charge >= 0.3 is 0 Å². The van der Waals surface area contributed by atoms with Gasteiger partial charge in [0.25, 0.3) is 0 Å². The molecule has 1 fully saturated rings. The number of aromatic hydroxyl groups is 1. The second kappa shape index (κ2) is 9.09. The Labute approximate surface area is 157 Å². The lowest BCUT2D eigenvalue weighted by molar-refractivity contribution is -0.105. The van der Waals surface area contributed by atoms with Crippen LogP contribution in [0.4, 0.5) is 0 Å². The van der Waals surface area contributed by atoms with E-state index in [0.29, 0.717) is 17.6 Å². The van der Waals surface area contributed by atoms with Crippen molar-refractivity contribution in [2.24, 2.45) is 0 Å². The maximum atomic E-state index is 9.47. The van der Waals surface area contributed by atoms with E-state index < -0.39 is 0 Å². The third-order valence-corrected chi connectivity index (χ3v) is 5.35. The summed E-state index contributed by atoms with van der Waals surface area (Å²) >= 11 is 0. The van der Waals surface area contributed by atoms with E-state index >= 15 is 0 Å². The monoisotopic (exact) mass is 354 g/mol. The zero-order valence-electron chi connectivity index (χ0n) is 15.9. The minimum atomic E-state index is -0.0916. The van der Waals surface area contributed by atoms with Crippen molar-refractivity contribution >= 4 is 0 Å². The topological polar surface area (TPSA) is 38.7 Å². The van der Waals surface area contributed by atoms with Crippen molar-refractivity contribution in [3.8, 4) is 11.5 Å².